The number of aromatic carboxylic acids is 1. The zero-order chi connectivity index (χ0) is 15.4. The van der Waals surface area contributed by atoms with Crippen LogP contribution in [0.4, 0.5) is 0 Å². The molecule has 0 radical (unpaired) electrons. The third-order valence-electron chi connectivity index (χ3n) is 3.10. The number of rotatable bonds is 5. The van der Waals surface area contributed by atoms with Gasteiger partial charge in [0, 0.05) is 16.5 Å². The molecule has 2 rings (SSSR count). The van der Waals surface area contributed by atoms with Gasteiger partial charge < -0.3 is 10.2 Å². The van der Waals surface area contributed by atoms with Crippen LogP contribution in [0.3, 0.4) is 0 Å². The van der Waals surface area contributed by atoms with E-state index in [1.165, 1.54) is 6.07 Å². The van der Waals surface area contributed by atoms with E-state index in [-0.39, 0.29) is 29.9 Å². The molecule has 0 aliphatic rings. The first kappa shape index (κ1) is 15.3. The van der Waals surface area contributed by atoms with E-state index in [9.17, 15) is 14.7 Å². The van der Waals surface area contributed by atoms with E-state index in [4.69, 9.17) is 5.11 Å². The van der Waals surface area contributed by atoms with Crippen LogP contribution in [0.15, 0.2) is 46.9 Å². The van der Waals surface area contributed by atoms with Crippen molar-refractivity contribution in [3.63, 3.8) is 0 Å². The molecule has 0 aliphatic heterocycles. The summed E-state index contributed by atoms with van der Waals surface area (Å²) in [5.74, 6) is -1.54. The maximum atomic E-state index is 12.0. The molecule has 0 aromatic heterocycles. The number of hydrogen-bond acceptors (Lipinski definition) is 3. The molecule has 0 saturated heterocycles. The molecule has 0 atom stereocenters. The van der Waals surface area contributed by atoms with Gasteiger partial charge >= 0.3 is 5.97 Å². The average Bonchev–Trinajstić information content (AvgIpc) is 2.48. The Labute approximate surface area is 130 Å². The molecule has 0 saturated carbocycles. The summed E-state index contributed by atoms with van der Waals surface area (Å²) in [4.78, 5) is 23.1. The van der Waals surface area contributed by atoms with Gasteiger partial charge in [0.2, 0.25) is 0 Å². The Morgan fingerprint density at radius 3 is 2.38 bits per heavy atom. The molecule has 5 heteroatoms. The zero-order valence-corrected chi connectivity index (χ0v) is 12.6. The van der Waals surface area contributed by atoms with Gasteiger partial charge in [-0.2, -0.15) is 0 Å². The lowest BCUT2D eigenvalue weighted by atomic mass is 10.0. The molecule has 21 heavy (non-hydrogen) atoms. The first-order chi connectivity index (χ1) is 9.99. The van der Waals surface area contributed by atoms with Crippen LogP contribution in [0, 0.1) is 0 Å². The van der Waals surface area contributed by atoms with Gasteiger partial charge in [0.05, 0.1) is 0 Å². The number of carbonyl (C=O) groups excluding carboxylic acids is 1. The Kier molecular flexibility index (Phi) is 4.75. The number of carbonyl (C=O) groups is 2. The highest BCUT2D eigenvalue weighted by Crippen LogP contribution is 2.28. The SMILES string of the molecule is O=C(CCc1cc(Br)cc(C(=O)O)c1O)c1ccccc1. The van der Waals surface area contributed by atoms with Crippen LogP contribution in [0.5, 0.6) is 5.75 Å². The summed E-state index contributed by atoms with van der Waals surface area (Å²) in [6, 6.07) is 11.8. The van der Waals surface area contributed by atoms with E-state index in [0.29, 0.717) is 15.6 Å². The molecule has 0 aliphatic carbocycles. The highest BCUT2D eigenvalue weighted by Gasteiger charge is 2.16. The van der Waals surface area contributed by atoms with Crippen LogP contribution in [0.1, 0.15) is 32.7 Å². The second kappa shape index (κ2) is 6.54. The summed E-state index contributed by atoms with van der Waals surface area (Å²) in [6.07, 6.45) is 0.479. The first-order valence-electron chi connectivity index (χ1n) is 6.32. The average molecular weight is 349 g/mol. The van der Waals surface area contributed by atoms with Crippen molar-refractivity contribution >= 4 is 27.7 Å². The highest BCUT2D eigenvalue weighted by molar-refractivity contribution is 9.10. The lowest BCUT2D eigenvalue weighted by Crippen LogP contribution is -2.03. The third-order valence-corrected chi connectivity index (χ3v) is 3.56. The van der Waals surface area contributed by atoms with Gasteiger partial charge in [0.25, 0.3) is 0 Å². The van der Waals surface area contributed by atoms with E-state index >= 15 is 0 Å². The first-order valence-corrected chi connectivity index (χ1v) is 7.11. The molecule has 4 nitrogen and oxygen atoms in total. The predicted octanol–water partition coefficient (Wildman–Crippen LogP) is 3.67. The molecule has 0 fully saturated rings. The topological polar surface area (TPSA) is 74.6 Å². The van der Waals surface area contributed by atoms with Crippen molar-refractivity contribution < 1.29 is 19.8 Å². The summed E-state index contributed by atoms with van der Waals surface area (Å²) in [5.41, 5.74) is 0.864. The van der Waals surface area contributed by atoms with Crippen LogP contribution in [-0.4, -0.2) is 22.0 Å². The largest absolute Gasteiger partial charge is 0.507 e. The van der Waals surface area contributed by atoms with Gasteiger partial charge in [0.15, 0.2) is 5.78 Å². The van der Waals surface area contributed by atoms with Crippen molar-refractivity contribution in [2.24, 2.45) is 0 Å². The molecule has 0 spiro atoms. The zero-order valence-electron chi connectivity index (χ0n) is 11.0. The quantitative estimate of drug-likeness (QED) is 0.808. The minimum atomic E-state index is -1.20. The number of ketones is 1. The van der Waals surface area contributed by atoms with Crippen LogP contribution < -0.4 is 0 Å². The lowest BCUT2D eigenvalue weighted by Gasteiger charge is -2.08. The fourth-order valence-corrected chi connectivity index (χ4v) is 2.53. The van der Waals surface area contributed by atoms with E-state index in [2.05, 4.69) is 15.9 Å². The van der Waals surface area contributed by atoms with Crippen LogP contribution in [0.25, 0.3) is 0 Å². The number of carboxylic acids is 1. The van der Waals surface area contributed by atoms with Crippen molar-refractivity contribution in [2.75, 3.05) is 0 Å². The van der Waals surface area contributed by atoms with E-state index in [1.54, 1.807) is 30.3 Å². The molecular weight excluding hydrogens is 336 g/mol. The smallest absolute Gasteiger partial charge is 0.339 e. The van der Waals surface area contributed by atoms with E-state index in [1.807, 2.05) is 6.07 Å². The van der Waals surface area contributed by atoms with Crippen molar-refractivity contribution in [3.8, 4) is 5.75 Å². The van der Waals surface area contributed by atoms with Crippen molar-refractivity contribution in [2.45, 2.75) is 12.8 Å². The highest BCUT2D eigenvalue weighted by atomic mass is 79.9. The lowest BCUT2D eigenvalue weighted by molar-refractivity contribution is 0.0693. The number of aryl methyl sites for hydroxylation is 1. The number of hydrogen-bond donors (Lipinski definition) is 2. The third kappa shape index (κ3) is 3.70. The predicted molar refractivity (Wildman–Crippen MR) is 81.9 cm³/mol. The Hall–Kier alpha value is -2.14. The maximum Gasteiger partial charge on any atom is 0.339 e. The Morgan fingerprint density at radius 1 is 1.10 bits per heavy atom. The molecule has 0 heterocycles. The summed E-state index contributed by atoms with van der Waals surface area (Å²) >= 11 is 3.21. The number of aromatic hydroxyl groups is 1. The molecule has 0 unspecified atom stereocenters. The van der Waals surface area contributed by atoms with Gasteiger partial charge in [-0.05, 0) is 24.1 Å². The number of phenols is 1. The summed E-state index contributed by atoms with van der Waals surface area (Å²) in [6.45, 7) is 0. The van der Waals surface area contributed by atoms with Crippen molar-refractivity contribution in [3.05, 3.63) is 63.6 Å². The van der Waals surface area contributed by atoms with Gasteiger partial charge in [-0.25, -0.2) is 4.79 Å². The number of carboxylic acid groups (broad SMARTS) is 1. The molecule has 2 aromatic carbocycles. The fourth-order valence-electron chi connectivity index (χ4n) is 2.03. The fraction of sp³-hybridized carbons (Fsp3) is 0.125. The normalized spacial score (nSPS) is 10.3. The van der Waals surface area contributed by atoms with Crippen molar-refractivity contribution in [1.82, 2.24) is 0 Å². The monoisotopic (exact) mass is 348 g/mol. The summed E-state index contributed by atoms with van der Waals surface area (Å²) < 4.78 is 0.555. The standard InChI is InChI=1S/C16H13BrO4/c17-12-8-11(15(19)13(9-12)16(20)21)6-7-14(18)10-4-2-1-3-5-10/h1-5,8-9,19H,6-7H2,(H,20,21). The molecule has 0 amide bonds. The molecular formula is C16H13BrO4. The second-order valence-electron chi connectivity index (χ2n) is 4.56. The molecule has 0 bridgehead atoms. The van der Waals surface area contributed by atoms with Crippen molar-refractivity contribution in [1.29, 1.82) is 0 Å². The Bertz CT molecular complexity index is 680. The van der Waals surface area contributed by atoms with Crippen LogP contribution >= 0.6 is 15.9 Å². The summed E-state index contributed by atoms with van der Waals surface area (Å²) in [5, 5.41) is 19.0. The number of halogens is 1. The minimum absolute atomic E-state index is 0.0492. The van der Waals surface area contributed by atoms with E-state index in [0.717, 1.165) is 0 Å². The Balaban J connectivity index is 2.17. The Morgan fingerprint density at radius 2 is 1.76 bits per heavy atom. The minimum Gasteiger partial charge on any atom is -0.507 e. The van der Waals surface area contributed by atoms with Gasteiger partial charge in [-0.15, -0.1) is 0 Å². The number of Topliss-reactive ketones (excluding diaryl/α,β-unsaturated/α-hetero) is 1. The molecule has 2 N–H and O–H groups in total. The van der Waals surface area contributed by atoms with Gasteiger partial charge in [-0.3, -0.25) is 4.79 Å². The van der Waals surface area contributed by atoms with E-state index < -0.39 is 5.97 Å². The molecule has 108 valence electrons. The van der Waals surface area contributed by atoms with Crippen LogP contribution in [-0.2, 0) is 6.42 Å². The number of benzene rings is 2. The second-order valence-corrected chi connectivity index (χ2v) is 5.47. The van der Waals surface area contributed by atoms with Crippen LogP contribution in [0.2, 0.25) is 0 Å². The van der Waals surface area contributed by atoms with Gasteiger partial charge in [0.1, 0.15) is 11.3 Å². The van der Waals surface area contributed by atoms with Gasteiger partial charge in [-0.1, -0.05) is 46.3 Å². The molecule has 2 aromatic rings. The summed E-state index contributed by atoms with van der Waals surface area (Å²) in [7, 11) is 0. The maximum absolute atomic E-state index is 12.0.